The van der Waals surface area contributed by atoms with Crippen LogP contribution in [0.1, 0.15) is 15.9 Å². The van der Waals surface area contributed by atoms with E-state index in [9.17, 15) is 14.7 Å². The molecule has 1 aromatic heterocycles. The van der Waals surface area contributed by atoms with E-state index in [1.54, 1.807) is 72.9 Å². The summed E-state index contributed by atoms with van der Waals surface area (Å²) in [6, 6.07) is 20.6. The maximum absolute atomic E-state index is 12.6. The first-order valence-corrected chi connectivity index (χ1v) is 9.57. The lowest BCUT2D eigenvalue weighted by atomic mass is 10.1. The summed E-state index contributed by atoms with van der Waals surface area (Å²) in [4.78, 5) is 27.9. The summed E-state index contributed by atoms with van der Waals surface area (Å²) in [5.74, 6) is -0.0726. The first-order chi connectivity index (χ1) is 14.5. The molecule has 0 aliphatic rings. The van der Waals surface area contributed by atoms with Crippen molar-refractivity contribution >= 4 is 23.5 Å². The van der Waals surface area contributed by atoms with Crippen LogP contribution < -0.4 is 5.69 Å². The minimum Gasteiger partial charge on any atom is -0.508 e. The Hall–Kier alpha value is -3.83. The van der Waals surface area contributed by atoms with Gasteiger partial charge in [-0.1, -0.05) is 54.1 Å². The van der Waals surface area contributed by atoms with Gasteiger partial charge in [-0.2, -0.15) is 0 Å². The molecule has 0 aliphatic carbocycles. The van der Waals surface area contributed by atoms with Gasteiger partial charge in [0, 0.05) is 16.8 Å². The van der Waals surface area contributed by atoms with Crippen molar-refractivity contribution in [3.63, 3.8) is 0 Å². The van der Waals surface area contributed by atoms with Crippen molar-refractivity contribution in [2.75, 3.05) is 0 Å². The maximum Gasteiger partial charge on any atom is 0.330 e. The molecular weight excluding hydrogens is 400 g/mol. The lowest BCUT2D eigenvalue weighted by molar-refractivity contribution is 0.104. The fourth-order valence-corrected chi connectivity index (χ4v) is 3.19. The minimum atomic E-state index is -0.306. The zero-order valence-electron chi connectivity index (χ0n) is 15.7. The number of allylic oxidation sites excluding steroid dienone is 1. The Morgan fingerprint density at radius 2 is 1.77 bits per heavy atom. The second-order valence-electron chi connectivity index (χ2n) is 6.69. The summed E-state index contributed by atoms with van der Waals surface area (Å²) in [6.07, 6.45) is 4.76. The van der Waals surface area contributed by atoms with Gasteiger partial charge in [0.15, 0.2) is 5.78 Å². The molecule has 148 valence electrons. The van der Waals surface area contributed by atoms with Gasteiger partial charge >= 0.3 is 5.69 Å². The number of nitrogens with zero attached hydrogens (tertiary/aromatic N) is 1. The Bertz CT molecular complexity index is 1300. The van der Waals surface area contributed by atoms with Crippen molar-refractivity contribution < 1.29 is 9.90 Å². The highest BCUT2D eigenvalue weighted by molar-refractivity contribution is 6.30. The van der Waals surface area contributed by atoms with Crippen molar-refractivity contribution in [1.29, 1.82) is 0 Å². The van der Waals surface area contributed by atoms with E-state index in [1.807, 2.05) is 12.1 Å². The quantitative estimate of drug-likeness (QED) is 0.351. The average molecular weight is 417 g/mol. The third-order valence-electron chi connectivity index (χ3n) is 4.58. The number of imidazole rings is 1. The van der Waals surface area contributed by atoms with Crippen LogP contribution in [0.3, 0.4) is 0 Å². The van der Waals surface area contributed by atoms with Crippen LogP contribution in [0.25, 0.3) is 23.0 Å². The number of hydrogen-bond acceptors (Lipinski definition) is 3. The number of halogens is 1. The Labute approximate surface area is 177 Å². The lowest BCUT2D eigenvalue weighted by Crippen LogP contribution is -2.14. The molecule has 0 amide bonds. The predicted molar refractivity (Wildman–Crippen MR) is 118 cm³/mol. The normalized spacial score (nSPS) is 11.1. The summed E-state index contributed by atoms with van der Waals surface area (Å²) in [5.41, 5.74) is 2.92. The fraction of sp³-hybridized carbons (Fsp3) is 0. The minimum absolute atomic E-state index is 0.134. The molecule has 0 atom stereocenters. The molecule has 0 saturated carbocycles. The molecule has 0 radical (unpaired) electrons. The van der Waals surface area contributed by atoms with E-state index in [-0.39, 0.29) is 17.2 Å². The van der Waals surface area contributed by atoms with Gasteiger partial charge in [-0.3, -0.25) is 9.36 Å². The first kappa shape index (κ1) is 19.5. The van der Waals surface area contributed by atoms with E-state index in [2.05, 4.69) is 4.98 Å². The molecule has 4 rings (SSSR count). The predicted octanol–water partition coefficient (Wildman–Crippen LogP) is 5.09. The molecule has 0 saturated heterocycles. The van der Waals surface area contributed by atoms with E-state index >= 15 is 0 Å². The monoisotopic (exact) mass is 416 g/mol. The summed E-state index contributed by atoms with van der Waals surface area (Å²) < 4.78 is 1.46. The standard InChI is InChI=1S/C24H17ClN2O3/c25-19-10-8-17(9-11-19)22-15-27(24(30)26-22)20-5-2-4-18(14-20)23(29)12-7-16-3-1-6-21(28)13-16/h1-15,28H,(H,26,30)/b12-7+. The van der Waals surface area contributed by atoms with Crippen LogP contribution in [0.15, 0.2) is 89.9 Å². The number of benzene rings is 3. The Morgan fingerprint density at radius 1 is 1.00 bits per heavy atom. The molecule has 4 aromatic rings. The van der Waals surface area contributed by atoms with Crippen LogP contribution in [0.5, 0.6) is 5.75 Å². The second kappa shape index (κ2) is 8.27. The Balaban J connectivity index is 1.61. The van der Waals surface area contributed by atoms with Crippen molar-refractivity contribution in [3.05, 3.63) is 112 Å². The lowest BCUT2D eigenvalue weighted by Gasteiger charge is -2.03. The molecule has 1 heterocycles. The molecule has 5 nitrogen and oxygen atoms in total. The summed E-state index contributed by atoms with van der Waals surface area (Å²) in [5, 5.41) is 10.1. The van der Waals surface area contributed by atoms with Gasteiger partial charge in [-0.05, 0) is 53.6 Å². The van der Waals surface area contributed by atoms with Gasteiger partial charge in [0.2, 0.25) is 0 Å². The topological polar surface area (TPSA) is 75.1 Å². The molecule has 0 unspecified atom stereocenters. The summed E-state index contributed by atoms with van der Waals surface area (Å²) >= 11 is 5.92. The highest BCUT2D eigenvalue weighted by atomic mass is 35.5. The highest BCUT2D eigenvalue weighted by Crippen LogP contribution is 2.20. The second-order valence-corrected chi connectivity index (χ2v) is 7.13. The van der Waals surface area contributed by atoms with Crippen molar-refractivity contribution in [2.24, 2.45) is 0 Å². The number of aromatic amines is 1. The third-order valence-corrected chi connectivity index (χ3v) is 4.83. The zero-order chi connectivity index (χ0) is 21.1. The SMILES string of the molecule is O=C(/C=C/c1cccc(O)c1)c1cccc(-n2cc(-c3ccc(Cl)cc3)[nH]c2=O)c1. The molecule has 0 fully saturated rings. The van der Waals surface area contributed by atoms with Crippen LogP contribution in [0, 0.1) is 0 Å². The van der Waals surface area contributed by atoms with Gasteiger partial charge in [0.05, 0.1) is 11.4 Å². The van der Waals surface area contributed by atoms with E-state index in [1.165, 1.54) is 10.6 Å². The number of hydrogen-bond donors (Lipinski definition) is 2. The van der Waals surface area contributed by atoms with Crippen LogP contribution in [0.4, 0.5) is 0 Å². The molecule has 3 aromatic carbocycles. The number of carbonyl (C=O) groups excluding carboxylic acids is 1. The molecular formula is C24H17ClN2O3. The van der Waals surface area contributed by atoms with Gasteiger partial charge in [-0.25, -0.2) is 4.79 Å². The van der Waals surface area contributed by atoms with E-state index in [4.69, 9.17) is 11.6 Å². The average Bonchev–Trinajstić information content (AvgIpc) is 3.14. The number of phenols is 1. The number of nitrogens with one attached hydrogen (secondary N) is 1. The molecule has 0 aliphatic heterocycles. The zero-order valence-corrected chi connectivity index (χ0v) is 16.5. The van der Waals surface area contributed by atoms with Crippen LogP contribution in [-0.2, 0) is 0 Å². The third kappa shape index (κ3) is 4.26. The number of ketones is 1. The van der Waals surface area contributed by atoms with Gasteiger partial charge < -0.3 is 10.1 Å². The van der Waals surface area contributed by atoms with Crippen LogP contribution in [-0.4, -0.2) is 20.4 Å². The molecule has 30 heavy (non-hydrogen) atoms. The largest absolute Gasteiger partial charge is 0.508 e. The maximum atomic E-state index is 12.6. The van der Waals surface area contributed by atoms with E-state index < -0.39 is 0 Å². The molecule has 2 N–H and O–H groups in total. The van der Waals surface area contributed by atoms with Crippen molar-refractivity contribution in [1.82, 2.24) is 9.55 Å². The number of rotatable bonds is 5. The Kier molecular flexibility index (Phi) is 5.37. The molecule has 0 bridgehead atoms. The van der Waals surface area contributed by atoms with Gasteiger partial charge in [-0.15, -0.1) is 0 Å². The summed E-state index contributed by atoms with van der Waals surface area (Å²) in [7, 11) is 0. The van der Waals surface area contributed by atoms with Crippen molar-refractivity contribution in [3.8, 4) is 22.7 Å². The van der Waals surface area contributed by atoms with Gasteiger partial charge in [0.25, 0.3) is 0 Å². The number of aromatic nitrogens is 2. The number of carbonyl (C=O) groups is 1. The smallest absolute Gasteiger partial charge is 0.330 e. The number of aromatic hydroxyl groups is 1. The van der Waals surface area contributed by atoms with Crippen LogP contribution >= 0.6 is 11.6 Å². The Morgan fingerprint density at radius 3 is 2.53 bits per heavy atom. The van der Waals surface area contributed by atoms with Crippen LogP contribution in [0.2, 0.25) is 5.02 Å². The summed E-state index contributed by atoms with van der Waals surface area (Å²) in [6.45, 7) is 0. The number of phenolic OH excluding ortho intramolecular Hbond substituents is 1. The highest BCUT2D eigenvalue weighted by Gasteiger charge is 2.09. The van der Waals surface area contributed by atoms with Crippen molar-refractivity contribution in [2.45, 2.75) is 0 Å². The molecule has 6 heteroatoms. The number of H-pyrrole nitrogens is 1. The first-order valence-electron chi connectivity index (χ1n) is 9.19. The fourth-order valence-electron chi connectivity index (χ4n) is 3.07. The van der Waals surface area contributed by atoms with E-state index in [0.717, 1.165) is 5.56 Å². The van der Waals surface area contributed by atoms with Gasteiger partial charge in [0.1, 0.15) is 5.75 Å². The molecule has 0 spiro atoms. The van der Waals surface area contributed by atoms with E-state index in [0.29, 0.717) is 27.5 Å².